The Balaban J connectivity index is 1.41. The van der Waals surface area contributed by atoms with Crippen molar-refractivity contribution in [2.75, 3.05) is 37.7 Å². The molecule has 0 N–H and O–H groups in total. The third-order valence-electron chi connectivity index (χ3n) is 5.34. The van der Waals surface area contributed by atoms with Crippen LogP contribution < -0.4 is 9.64 Å². The van der Waals surface area contributed by atoms with E-state index < -0.39 is 11.7 Å². The predicted octanol–water partition coefficient (Wildman–Crippen LogP) is 2.43. The number of alkyl halides is 3. The third kappa shape index (κ3) is 4.18. The predicted molar refractivity (Wildman–Crippen MR) is 101 cm³/mol. The number of nitrogens with zero attached hydrogens (tertiary/aromatic N) is 4. The van der Waals surface area contributed by atoms with Crippen LogP contribution in [-0.4, -0.2) is 59.7 Å². The number of carbonyl (C=O) groups excluding carboxylic acids is 1. The number of halogens is 3. The number of piperazine rings is 1. The highest BCUT2D eigenvalue weighted by atomic mass is 19.4. The average Bonchev–Trinajstić information content (AvgIpc) is 2.72. The Bertz CT molecular complexity index is 921. The van der Waals surface area contributed by atoms with Crippen molar-refractivity contribution in [3.63, 3.8) is 0 Å². The molecule has 0 bridgehead atoms. The molecule has 1 aromatic carbocycles. The molecule has 0 aliphatic carbocycles. The lowest BCUT2D eigenvalue weighted by Gasteiger charge is -2.43. The van der Waals surface area contributed by atoms with Crippen molar-refractivity contribution in [2.24, 2.45) is 0 Å². The van der Waals surface area contributed by atoms with E-state index in [4.69, 9.17) is 9.47 Å². The van der Waals surface area contributed by atoms with E-state index in [0.29, 0.717) is 37.8 Å². The lowest BCUT2D eigenvalue weighted by atomic mass is 10.0. The first-order chi connectivity index (χ1) is 14.3. The molecule has 1 aromatic heterocycles. The average molecular weight is 422 g/mol. The number of anilines is 1. The first kappa shape index (κ1) is 20.4. The van der Waals surface area contributed by atoms with Gasteiger partial charge in [0.1, 0.15) is 13.2 Å². The molecule has 160 valence electrons. The SMILES string of the molecule is Cc1cccc(C(F)(F)F)c1COc1cnc(N2CCN3C(=O)COCC3C2)nc1. The van der Waals surface area contributed by atoms with Crippen molar-refractivity contribution in [3.8, 4) is 5.75 Å². The van der Waals surface area contributed by atoms with Crippen LogP contribution in [0.3, 0.4) is 0 Å². The van der Waals surface area contributed by atoms with Crippen LogP contribution in [0.1, 0.15) is 16.7 Å². The number of rotatable bonds is 4. The molecule has 30 heavy (non-hydrogen) atoms. The maximum atomic E-state index is 13.2. The molecule has 2 aliphatic rings. The minimum absolute atomic E-state index is 0.00926. The maximum Gasteiger partial charge on any atom is 0.416 e. The second-order valence-corrected chi connectivity index (χ2v) is 7.31. The van der Waals surface area contributed by atoms with E-state index >= 15 is 0 Å². The number of hydrogen-bond acceptors (Lipinski definition) is 6. The maximum absolute atomic E-state index is 13.2. The number of hydrogen-bond donors (Lipinski definition) is 0. The minimum Gasteiger partial charge on any atom is -0.486 e. The zero-order chi connectivity index (χ0) is 21.3. The summed E-state index contributed by atoms with van der Waals surface area (Å²) < 4.78 is 50.6. The van der Waals surface area contributed by atoms with Gasteiger partial charge < -0.3 is 19.3 Å². The smallest absolute Gasteiger partial charge is 0.416 e. The number of amides is 1. The summed E-state index contributed by atoms with van der Waals surface area (Å²) in [7, 11) is 0. The molecule has 0 spiro atoms. The topological polar surface area (TPSA) is 67.8 Å². The van der Waals surface area contributed by atoms with Gasteiger partial charge in [-0.3, -0.25) is 4.79 Å². The molecule has 0 saturated carbocycles. The summed E-state index contributed by atoms with van der Waals surface area (Å²) in [6.07, 6.45) is -1.55. The molecule has 1 unspecified atom stereocenters. The van der Waals surface area contributed by atoms with Gasteiger partial charge in [0.05, 0.1) is 30.6 Å². The molecule has 10 heteroatoms. The lowest BCUT2D eigenvalue weighted by Crippen LogP contribution is -2.60. The number of benzene rings is 1. The monoisotopic (exact) mass is 422 g/mol. The van der Waals surface area contributed by atoms with Gasteiger partial charge in [-0.2, -0.15) is 13.2 Å². The second-order valence-electron chi connectivity index (χ2n) is 7.31. The van der Waals surface area contributed by atoms with Gasteiger partial charge in [-0.15, -0.1) is 0 Å². The van der Waals surface area contributed by atoms with Crippen molar-refractivity contribution in [2.45, 2.75) is 25.7 Å². The van der Waals surface area contributed by atoms with Gasteiger partial charge in [-0.05, 0) is 18.6 Å². The van der Waals surface area contributed by atoms with E-state index in [-0.39, 0.29) is 36.5 Å². The zero-order valence-electron chi connectivity index (χ0n) is 16.4. The quantitative estimate of drug-likeness (QED) is 0.754. The molecular formula is C20H21F3N4O3. The van der Waals surface area contributed by atoms with E-state index in [1.165, 1.54) is 18.5 Å². The molecule has 2 aliphatic heterocycles. The molecule has 2 fully saturated rings. The van der Waals surface area contributed by atoms with E-state index in [9.17, 15) is 18.0 Å². The molecule has 7 nitrogen and oxygen atoms in total. The molecule has 2 aromatic rings. The fourth-order valence-corrected chi connectivity index (χ4v) is 3.74. The summed E-state index contributed by atoms with van der Waals surface area (Å²) in [5, 5.41) is 0. The summed E-state index contributed by atoms with van der Waals surface area (Å²) in [5.41, 5.74) is -0.112. The Morgan fingerprint density at radius 2 is 2.00 bits per heavy atom. The summed E-state index contributed by atoms with van der Waals surface area (Å²) in [5.74, 6) is 0.752. The molecule has 2 saturated heterocycles. The Morgan fingerprint density at radius 3 is 2.73 bits per heavy atom. The second kappa shape index (κ2) is 8.10. The molecule has 3 heterocycles. The minimum atomic E-state index is -4.45. The van der Waals surface area contributed by atoms with Crippen LogP contribution in [0, 0.1) is 6.92 Å². The van der Waals surface area contributed by atoms with Crippen LogP contribution >= 0.6 is 0 Å². The van der Waals surface area contributed by atoms with Gasteiger partial charge in [-0.25, -0.2) is 9.97 Å². The number of carbonyl (C=O) groups is 1. The molecule has 1 amide bonds. The summed E-state index contributed by atoms with van der Waals surface area (Å²) in [6, 6.07) is 4.00. The highest BCUT2D eigenvalue weighted by Gasteiger charge is 2.35. The van der Waals surface area contributed by atoms with Gasteiger partial charge in [0, 0.05) is 25.2 Å². The van der Waals surface area contributed by atoms with Crippen LogP contribution in [0.2, 0.25) is 0 Å². The molecular weight excluding hydrogens is 401 g/mol. The first-order valence-corrected chi connectivity index (χ1v) is 9.55. The van der Waals surface area contributed by atoms with Crippen LogP contribution in [0.25, 0.3) is 0 Å². The van der Waals surface area contributed by atoms with Crippen molar-refractivity contribution in [1.82, 2.24) is 14.9 Å². The largest absolute Gasteiger partial charge is 0.486 e. The molecule has 1 atom stereocenters. The van der Waals surface area contributed by atoms with Gasteiger partial charge in [-0.1, -0.05) is 12.1 Å². The van der Waals surface area contributed by atoms with Crippen molar-refractivity contribution in [3.05, 3.63) is 47.3 Å². The lowest BCUT2D eigenvalue weighted by molar-refractivity contribution is -0.148. The fraction of sp³-hybridized carbons (Fsp3) is 0.450. The summed E-state index contributed by atoms with van der Waals surface area (Å²) in [6.45, 7) is 3.71. The van der Waals surface area contributed by atoms with E-state index in [2.05, 4.69) is 9.97 Å². The van der Waals surface area contributed by atoms with E-state index in [1.807, 2.05) is 9.80 Å². The van der Waals surface area contributed by atoms with Crippen LogP contribution in [-0.2, 0) is 22.3 Å². The number of fused-ring (bicyclic) bond motifs is 1. The van der Waals surface area contributed by atoms with Crippen LogP contribution in [0.4, 0.5) is 19.1 Å². The molecule has 4 rings (SSSR count). The van der Waals surface area contributed by atoms with Crippen LogP contribution in [0.15, 0.2) is 30.6 Å². The van der Waals surface area contributed by atoms with Crippen molar-refractivity contribution in [1.29, 1.82) is 0 Å². The number of aryl methyl sites for hydroxylation is 1. The summed E-state index contributed by atoms with van der Waals surface area (Å²) in [4.78, 5) is 24.2. The summed E-state index contributed by atoms with van der Waals surface area (Å²) >= 11 is 0. The number of ether oxygens (including phenoxy) is 2. The highest BCUT2D eigenvalue weighted by Crippen LogP contribution is 2.33. The zero-order valence-corrected chi connectivity index (χ0v) is 16.4. The third-order valence-corrected chi connectivity index (χ3v) is 5.34. The first-order valence-electron chi connectivity index (χ1n) is 9.55. The van der Waals surface area contributed by atoms with Gasteiger partial charge in [0.2, 0.25) is 11.9 Å². The van der Waals surface area contributed by atoms with Crippen molar-refractivity contribution >= 4 is 11.9 Å². The van der Waals surface area contributed by atoms with Gasteiger partial charge >= 0.3 is 6.18 Å². The Morgan fingerprint density at radius 1 is 1.23 bits per heavy atom. The standard InChI is InChI=1S/C20H21F3N4O3/c1-13-3-2-4-17(20(21,22)23)16(13)11-30-15-7-24-19(25-8-15)26-5-6-27-14(9-26)10-29-12-18(27)28/h2-4,7-8,14H,5-6,9-12H2,1H3. The highest BCUT2D eigenvalue weighted by molar-refractivity contribution is 5.78. The Hall–Kier alpha value is -2.88. The number of morpholine rings is 1. The van der Waals surface area contributed by atoms with Gasteiger partial charge in [0.15, 0.2) is 5.75 Å². The number of aromatic nitrogens is 2. The van der Waals surface area contributed by atoms with Crippen molar-refractivity contribution < 1.29 is 27.4 Å². The van der Waals surface area contributed by atoms with Crippen LogP contribution in [0.5, 0.6) is 5.75 Å². The Labute approximate surface area is 171 Å². The Kier molecular flexibility index (Phi) is 5.50. The van der Waals surface area contributed by atoms with E-state index in [0.717, 1.165) is 6.07 Å². The fourth-order valence-electron chi connectivity index (χ4n) is 3.74. The van der Waals surface area contributed by atoms with Gasteiger partial charge in [0.25, 0.3) is 0 Å². The van der Waals surface area contributed by atoms with E-state index in [1.54, 1.807) is 13.0 Å². The molecule has 0 radical (unpaired) electrons. The normalized spacial score (nSPS) is 19.6.